The molecule has 0 aliphatic carbocycles. The van der Waals surface area contributed by atoms with Gasteiger partial charge in [-0.05, 0) is 17.7 Å². The Morgan fingerprint density at radius 1 is 1.12 bits per heavy atom. The van der Waals surface area contributed by atoms with Crippen LogP contribution < -0.4 is 14.5 Å². The van der Waals surface area contributed by atoms with Crippen molar-refractivity contribution >= 4 is 23.2 Å². The van der Waals surface area contributed by atoms with Crippen molar-refractivity contribution in [2.75, 3.05) is 20.3 Å². The summed E-state index contributed by atoms with van der Waals surface area (Å²) >= 11 is 12.2. The number of ether oxygens (including phenoxy) is 3. The molecule has 0 spiro atoms. The van der Waals surface area contributed by atoms with E-state index in [-0.39, 0.29) is 31.1 Å². The number of halogens is 4. The minimum Gasteiger partial charge on any atom is -0.487 e. The maximum Gasteiger partial charge on any atom is 0.387 e. The molecule has 5 nitrogen and oxygen atoms in total. The minimum atomic E-state index is -2.99. The van der Waals surface area contributed by atoms with E-state index in [0.29, 0.717) is 21.2 Å². The highest BCUT2D eigenvalue weighted by atomic mass is 35.5. The Hall–Kier alpha value is -1.67. The standard InChI is InChI=1S/C17H17Cl2F2NO4/c1-24-4-5-25-16-6-10(2-3-15(16)26-17(20)21)14(23)7-11-12(18)8-22-9-13(11)19/h2-3,6,8-9,14,17,23H,4-5,7H2,1H3/p+1/t14-/m0/s1. The zero-order valence-electron chi connectivity index (χ0n) is 13.8. The first-order chi connectivity index (χ1) is 12.4. The third kappa shape index (κ3) is 5.67. The van der Waals surface area contributed by atoms with Gasteiger partial charge in [0.1, 0.15) is 16.7 Å². The van der Waals surface area contributed by atoms with Crippen LogP contribution in [-0.2, 0) is 11.2 Å². The zero-order chi connectivity index (χ0) is 19.1. The highest BCUT2D eigenvalue weighted by Crippen LogP contribution is 2.34. The van der Waals surface area contributed by atoms with E-state index in [1.165, 1.54) is 25.3 Å². The summed E-state index contributed by atoms with van der Waals surface area (Å²) < 4.78 is 39.8. The Balaban J connectivity index is 2.23. The number of aliphatic hydroxyl groups is 1. The normalized spacial score (nSPS) is 12.3. The molecule has 0 unspecified atom stereocenters. The smallest absolute Gasteiger partial charge is 0.387 e. The van der Waals surface area contributed by atoms with E-state index in [1.807, 2.05) is 0 Å². The largest absolute Gasteiger partial charge is 0.487 e. The maximum atomic E-state index is 12.5. The summed E-state index contributed by atoms with van der Waals surface area (Å²) in [6.45, 7) is -2.58. The number of rotatable bonds is 9. The molecule has 1 heterocycles. The highest BCUT2D eigenvalue weighted by Gasteiger charge is 2.19. The highest BCUT2D eigenvalue weighted by molar-refractivity contribution is 6.35. The first-order valence-corrected chi connectivity index (χ1v) is 8.40. The number of methoxy groups -OCH3 is 1. The second-order valence-electron chi connectivity index (χ2n) is 5.28. The molecule has 0 aliphatic rings. The van der Waals surface area contributed by atoms with Gasteiger partial charge in [-0.15, -0.1) is 0 Å². The number of hydrogen-bond donors (Lipinski definition) is 1. The zero-order valence-corrected chi connectivity index (χ0v) is 15.4. The van der Waals surface area contributed by atoms with Gasteiger partial charge in [-0.1, -0.05) is 29.3 Å². The molecule has 1 aromatic heterocycles. The van der Waals surface area contributed by atoms with Crippen LogP contribution >= 0.6 is 23.2 Å². The number of aromatic nitrogens is 1. The Morgan fingerprint density at radius 2 is 1.81 bits per heavy atom. The van der Waals surface area contributed by atoms with Gasteiger partial charge in [0.2, 0.25) is 0 Å². The van der Waals surface area contributed by atoms with E-state index in [9.17, 15) is 13.9 Å². The topological polar surface area (TPSA) is 62.1 Å². The molecule has 0 saturated carbocycles. The minimum absolute atomic E-state index is 0.0810. The molecule has 0 radical (unpaired) electrons. The molecule has 1 atom stereocenters. The molecule has 9 heteroatoms. The van der Waals surface area contributed by atoms with Crippen molar-refractivity contribution in [3.8, 4) is 11.5 Å². The number of hydrogen-bond acceptors (Lipinski definition) is 4. The van der Waals surface area contributed by atoms with Crippen molar-refractivity contribution in [2.45, 2.75) is 19.1 Å². The van der Waals surface area contributed by atoms with E-state index in [2.05, 4.69) is 9.72 Å². The molecule has 26 heavy (non-hydrogen) atoms. The van der Waals surface area contributed by atoms with Gasteiger partial charge in [0.15, 0.2) is 23.9 Å². The molecular formula is C17H18Cl2F2NO4+. The predicted molar refractivity (Wildman–Crippen MR) is 92.1 cm³/mol. The van der Waals surface area contributed by atoms with Crippen LogP contribution in [-0.4, -0.2) is 32.0 Å². The van der Waals surface area contributed by atoms with Crippen LogP contribution in [0.25, 0.3) is 0 Å². The lowest BCUT2D eigenvalue weighted by atomic mass is 10.0. The Kier molecular flexibility index (Phi) is 7.84. The third-order valence-corrected chi connectivity index (χ3v) is 4.18. The Bertz CT molecular complexity index is 714. The lowest BCUT2D eigenvalue weighted by molar-refractivity contribution is -0.377. The SMILES string of the molecule is COCCOc1cc([C@@H](O)Cc2c(Cl)c[nH+]cc2Cl)ccc1OC(F)F. The molecule has 0 fully saturated rings. The van der Waals surface area contributed by atoms with Gasteiger partial charge in [-0.2, -0.15) is 8.78 Å². The van der Waals surface area contributed by atoms with Crippen LogP contribution in [0.15, 0.2) is 30.6 Å². The maximum absolute atomic E-state index is 12.5. The number of alkyl halides is 2. The lowest BCUT2D eigenvalue weighted by Gasteiger charge is -2.16. The molecular weight excluding hydrogens is 391 g/mol. The van der Waals surface area contributed by atoms with Gasteiger partial charge in [-0.25, -0.2) is 4.98 Å². The van der Waals surface area contributed by atoms with Crippen LogP contribution in [0.3, 0.4) is 0 Å². The number of pyridine rings is 1. The van der Waals surface area contributed by atoms with Gasteiger partial charge in [0.25, 0.3) is 0 Å². The second kappa shape index (κ2) is 9.87. The fourth-order valence-corrected chi connectivity index (χ4v) is 2.79. The third-order valence-electron chi connectivity index (χ3n) is 3.51. The van der Waals surface area contributed by atoms with Crippen molar-refractivity contribution in [3.05, 3.63) is 51.8 Å². The van der Waals surface area contributed by atoms with E-state index in [1.54, 1.807) is 12.4 Å². The van der Waals surface area contributed by atoms with Crippen LogP contribution in [0, 0.1) is 0 Å². The molecule has 2 rings (SSSR count). The number of aliphatic hydroxyl groups excluding tert-OH is 1. The van der Waals surface area contributed by atoms with Crippen LogP contribution in [0.5, 0.6) is 11.5 Å². The molecule has 0 aliphatic heterocycles. The van der Waals surface area contributed by atoms with Gasteiger partial charge in [-0.3, -0.25) is 0 Å². The first-order valence-electron chi connectivity index (χ1n) is 7.65. The van der Waals surface area contributed by atoms with Crippen molar-refractivity contribution in [3.63, 3.8) is 0 Å². The fourth-order valence-electron chi connectivity index (χ4n) is 2.26. The molecule has 0 amide bonds. The summed E-state index contributed by atoms with van der Waals surface area (Å²) in [5, 5.41) is 11.3. The fraction of sp³-hybridized carbons (Fsp3) is 0.353. The molecule has 0 saturated heterocycles. The summed E-state index contributed by atoms with van der Waals surface area (Å²) in [7, 11) is 1.49. The van der Waals surface area contributed by atoms with Gasteiger partial charge >= 0.3 is 6.61 Å². The molecule has 2 N–H and O–H groups in total. The Labute approximate surface area is 159 Å². The average molecular weight is 409 g/mol. The molecule has 0 bridgehead atoms. The van der Waals surface area contributed by atoms with Gasteiger partial charge < -0.3 is 19.3 Å². The summed E-state index contributed by atoms with van der Waals surface area (Å²) in [5.41, 5.74) is 1.01. The molecule has 142 valence electrons. The molecule has 1 aromatic carbocycles. The number of nitrogens with one attached hydrogen (secondary N) is 1. The predicted octanol–water partition coefficient (Wildman–Crippen LogP) is 3.71. The summed E-state index contributed by atoms with van der Waals surface area (Å²) in [5.74, 6) is -0.0464. The Morgan fingerprint density at radius 3 is 2.42 bits per heavy atom. The van der Waals surface area contributed by atoms with Gasteiger partial charge in [0.05, 0.1) is 12.7 Å². The summed E-state index contributed by atoms with van der Waals surface area (Å²) in [6, 6.07) is 4.23. The monoisotopic (exact) mass is 408 g/mol. The number of H-pyrrole nitrogens is 1. The van der Waals surface area contributed by atoms with Gasteiger partial charge in [0, 0.05) is 19.1 Å². The van der Waals surface area contributed by atoms with Crippen molar-refractivity contribution in [1.29, 1.82) is 0 Å². The van der Waals surface area contributed by atoms with Crippen LogP contribution in [0.2, 0.25) is 10.0 Å². The van der Waals surface area contributed by atoms with E-state index < -0.39 is 12.7 Å². The van der Waals surface area contributed by atoms with Crippen molar-refractivity contribution in [2.24, 2.45) is 0 Å². The summed E-state index contributed by atoms with van der Waals surface area (Å²) in [4.78, 5) is 2.78. The lowest BCUT2D eigenvalue weighted by Crippen LogP contribution is -2.10. The molecule has 2 aromatic rings. The van der Waals surface area contributed by atoms with E-state index >= 15 is 0 Å². The van der Waals surface area contributed by atoms with Crippen molar-refractivity contribution < 1.29 is 33.1 Å². The van der Waals surface area contributed by atoms with Crippen molar-refractivity contribution in [1.82, 2.24) is 0 Å². The first kappa shape index (κ1) is 20.6. The quantitative estimate of drug-likeness (QED) is 0.642. The van der Waals surface area contributed by atoms with E-state index in [0.717, 1.165) is 0 Å². The number of benzene rings is 1. The number of aromatic amines is 1. The van der Waals surface area contributed by atoms with Crippen LogP contribution in [0.1, 0.15) is 17.2 Å². The van der Waals surface area contributed by atoms with Crippen LogP contribution in [0.4, 0.5) is 8.78 Å². The van der Waals surface area contributed by atoms with E-state index in [4.69, 9.17) is 32.7 Å². The summed E-state index contributed by atoms with van der Waals surface area (Å²) in [6.07, 6.45) is 2.26. The average Bonchev–Trinajstić information content (AvgIpc) is 2.59. The second-order valence-corrected chi connectivity index (χ2v) is 6.09.